The molecule has 0 bridgehead atoms. The normalized spacial score (nSPS) is 17.2. The van der Waals surface area contributed by atoms with Gasteiger partial charge in [0.1, 0.15) is 5.01 Å². The van der Waals surface area contributed by atoms with Crippen molar-refractivity contribution in [2.45, 2.75) is 38.9 Å². The van der Waals surface area contributed by atoms with Crippen LogP contribution >= 0.6 is 11.3 Å². The van der Waals surface area contributed by atoms with Crippen molar-refractivity contribution in [3.8, 4) is 0 Å². The third-order valence-electron chi connectivity index (χ3n) is 4.05. The summed E-state index contributed by atoms with van der Waals surface area (Å²) in [5.74, 6) is 0. The van der Waals surface area contributed by atoms with E-state index in [2.05, 4.69) is 52.5 Å². The first-order chi connectivity index (χ1) is 10.3. The zero-order valence-corrected chi connectivity index (χ0v) is 13.4. The molecule has 2 aromatic rings. The van der Waals surface area contributed by atoms with Gasteiger partial charge in [0.05, 0.1) is 0 Å². The Morgan fingerprint density at radius 3 is 2.67 bits per heavy atom. The van der Waals surface area contributed by atoms with E-state index in [4.69, 9.17) is 0 Å². The Balaban J connectivity index is 1.40. The molecule has 0 unspecified atom stereocenters. The molecule has 2 heterocycles. The molecule has 0 radical (unpaired) electrons. The smallest absolute Gasteiger partial charge is 0.107 e. The maximum atomic E-state index is 4.42. The third-order valence-corrected chi connectivity index (χ3v) is 4.96. The Kier molecular flexibility index (Phi) is 5.01. The number of aromatic nitrogens is 1. The van der Waals surface area contributed by atoms with Gasteiger partial charge in [0.15, 0.2) is 0 Å². The summed E-state index contributed by atoms with van der Waals surface area (Å²) >= 11 is 1.79. The van der Waals surface area contributed by atoms with Crippen LogP contribution in [0, 0.1) is 6.92 Å². The van der Waals surface area contributed by atoms with Crippen LogP contribution < -0.4 is 5.32 Å². The Morgan fingerprint density at radius 1 is 1.24 bits per heavy atom. The van der Waals surface area contributed by atoms with Crippen molar-refractivity contribution in [3.05, 3.63) is 52.0 Å². The van der Waals surface area contributed by atoms with Gasteiger partial charge in [-0.25, -0.2) is 4.98 Å². The van der Waals surface area contributed by atoms with Crippen LogP contribution in [0.5, 0.6) is 0 Å². The lowest BCUT2D eigenvalue weighted by Crippen LogP contribution is -2.41. The number of aryl methyl sites for hydroxylation is 1. The molecule has 3 rings (SSSR count). The lowest BCUT2D eigenvalue weighted by molar-refractivity contribution is 0.190. The molecular weight excluding hydrogens is 278 g/mol. The standard InChI is InChI=1S/C17H23N3S/c1-14-11-19-17(21-14)12-18-16-7-9-20(10-8-16)13-15-5-3-2-4-6-15/h2-6,11,16,18H,7-10,12-13H2,1H3. The topological polar surface area (TPSA) is 28.2 Å². The predicted octanol–water partition coefficient (Wildman–Crippen LogP) is 3.21. The van der Waals surface area contributed by atoms with Crippen molar-refractivity contribution in [1.29, 1.82) is 0 Å². The SMILES string of the molecule is Cc1cnc(CNC2CCN(Cc3ccccc3)CC2)s1. The maximum absolute atomic E-state index is 4.42. The first kappa shape index (κ1) is 14.7. The van der Waals surface area contributed by atoms with Crippen molar-refractivity contribution in [1.82, 2.24) is 15.2 Å². The molecule has 0 atom stereocenters. The summed E-state index contributed by atoms with van der Waals surface area (Å²) in [6, 6.07) is 11.4. The summed E-state index contributed by atoms with van der Waals surface area (Å²) < 4.78 is 0. The molecular formula is C17H23N3S. The number of nitrogens with one attached hydrogen (secondary N) is 1. The van der Waals surface area contributed by atoms with Gasteiger partial charge in [0.2, 0.25) is 0 Å². The number of hydrogen-bond donors (Lipinski definition) is 1. The first-order valence-electron chi connectivity index (χ1n) is 7.70. The van der Waals surface area contributed by atoms with Crippen LogP contribution in [0.4, 0.5) is 0 Å². The highest BCUT2D eigenvalue weighted by molar-refractivity contribution is 7.11. The predicted molar refractivity (Wildman–Crippen MR) is 88.4 cm³/mol. The van der Waals surface area contributed by atoms with E-state index in [1.807, 2.05) is 6.20 Å². The van der Waals surface area contributed by atoms with E-state index < -0.39 is 0 Å². The molecule has 1 aliphatic heterocycles. The highest BCUT2D eigenvalue weighted by atomic mass is 32.1. The summed E-state index contributed by atoms with van der Waals surface area (Å²) in [6.07, 6.45) is 4.43. The molecule has 112 valence electrons. The zero-order chi connectivity index (χ0) is 14.5. The van der Waals surface area contributed by atoms with Crippen molar-refractivity contribution in [2.75, 3.05) is 13.1 Å². The quantitative estimate of drug-likeness (QED) is 0.919. The number of benzene rings is 1. The molecule has 21 heavy (non-hydrogen) atoms. The fourth-order valence-electron chi connectivity index (χ4n) is 2.85. The molecule has 3 nitrogen and oxygen atoms in total. The van der Waals surface area contributed by atoms with E-state index in [0.717, 1.165) is 13.1 Å². The van der Waals surface area contributed by atoms with Crippen LogP contribution in [0.1, 0.15) is 28.3 Å². The number of hydrogen-bond acceptors (Lipinski definition) is 4. The highest BCUT2D eigenvalue weighted by Gasteiger charge is 2.18. The lowest BCUT2D eigenvalue weighted by atomic mass is 10.0. The lowest BCUT2D eigenvalue weighted by Gasteiger charge is -2.32. The van der Waals surface area contributed by atoms with Gasteiger partial charge in [-0.15, -0.1) is 11.3 Å². The van der Waals surface area contributed by atoms with Gasteiger partial charge in [-0.1, -0.05) is 30.3 Å². The second kappa shape index (κ2) is 7.16. The van der Waals surface area contributed by atoms with Gasteiger partial charge >= 0.3 is 0 Å². The minimum atomic E-state index is 0.640. The summed E-state index contributed by atoms with van der Waals surface area (Å²) in [5, 5.41) is 4.86. The number of likely N-dealkylation sites (tertiary alicyclic amines) is 1. The van der Waals surface area contributed by atoms with Crippen molar-refractivity contribution >= 4 is 11.3 Å². The minimum Gasteiger partial charge on any atom is -0.308 e. The van der Waals surface area contributed by atoms with Gasteiger partial charge in [0.25, 0.3) is 0 Å². The van der Waals surface area contributed by atoms with Crippen molar-refractivity contribution in [2.24, 2.45) is 0 Å². The number of thiazole rings is 1. The third kappa shape index (κ3) is 4.37. The molecule has 1 aromatic carbocycles. The number of rotatable bonds is 5. The molecule has 1 fully saturated rings. The van der Waals surface area contributed by atoms with E-state index in [-0.39, 0.29) is 0 Å². The van der Waals surface area contributed by atoms with Crippen LogP contribution in [0.3, 0.4) is 0 Å². The Labute approximate surface area is 131 Å². The fraction of sp³-hybridized carbons (Fsp3) is 0.471. The molecule has 0 aliphatic carbocycles. The van der Waals surface area contributed by atoms with Gasteiger partial charge in [0, 0.05) is 30.2 Å². The van der Waals surface area contributed by atoms with Gasteiger partial charge in [-0.2, -0.15) is 0 Å². The van der Waals surface area contributed by atoms with Crippen molar-refractivity contribution in [3.63, 3.8) is 0 Å². The summed E-state index contributed by atoms with van der Waals surface area (Å²) in [4.78, 5) is 8.27. The fourth-order valence-corrected chi connectivity index (χ4v) is 3.59. The van der Waals surface area contributed by atoms with E-state index >= 15 is 0 Å². The minimum absolute atomic E-state index is 0.640. The molecule has 1 N–H and O–H groups in total. The van der Waals surface area contributed by atoms with Crippen LogP contribution in [-0.4, -0.2) is 29.0 Å². The van der Waals surface area contributed by atoms with E-state index in [0.29, 0.717) is 6.04 Å². The van der Waals surface area contributed by atoms with Crippen LogP contribution in [0.15, 0.2) is 36.5 Å². The van der Waals surface area contributed by atoms with E-state index in [1.54, 1.807) is 11.3 Å². The molecule has 0 spiro atoms. The number of nitrogens with zero attached hydrogens (tertiary/aromatic N) is 2. The number of piperidine rings is 1. The summed E-state index contributed by atoms with van der Waals surface area (Å²) in [6.45, 7) is 6.48. The molecule has 1 aliphatic rings. The van der Waals surface area contributed by atoms with Crippen molar-refractivity contribution < 1.29 is 0 Å². The maximum Gasteiger partial charge on any atom is 0.107 e. The average molecular weight is 301 g/mol. The van der Waals surface area contributed by atoms with Crippen LogP contribution in [0.2, 0.25) is 0 Å². The second-order valence-electron chi connectivity index (χ2n) is 5.78. The molecule has 0 amide bonds. The largest absolute Gasteiger partial charge is 0.308 e. The van der Waals surface area contributed by atoms with Gasteiger partial charge < -0.3 is 5.32 Å². The van der Waals surface area contributed by atoms with Gasteiger partial charge in [-0.3, -0.25) is 4.90 Å². The molecule has 1 aromatic heterocycles. The molecule has 4 heteroatoms. The summed E-state index contributed by atoms with van der Waals surface area (Å²) in [7, 11) is 0. The average Bonchev–Trinajstić information content (AvgIpc) is 2.93. The Hall–Kier alpha value is -1.23. The van der Waals surface area contributed by atoms with E-state index in [9.17, 15) is 0 Å². The Morgan fingerprint density at radius 2 is 2.00 bits per heavy atom. The zero-order valence-electron chi connectivity index (χ0n) is 12.6. The Bertz CT molecular complexity index is 544. The van der Waals surface area contributed by atoms with E-state index in [1.165, 1.54) is 41.4 Å². The summed E-state index contributed by atoms with van der Waals surface area (Å²) in [5.41, 5.74) is 1.42. The first-order valence-corrected chi connectivity index (χ1v) is 8.52. The molecule has 0 saturated carbocycles. The molecule has 1 saturated heterocycles. The van der Waals surface area contributed by atoms with Gasteiger partial charge in [-0.05, 0) is 38.4 Å². The van der Waals surface area contributed by atoms with Crippen LogP contribution in [-0.2, 0) is 13.1 Å². The highest BCUT2D eigenvalue weighted by Crippen LogP contribution is 2.15. The second-order valence-corrected chi connectivity index (χ2v) is 7.10. The monoisotopic (exact) mass is 301 g/mol. The van der Waals surface area contributed by atoms with Crippen LogP contribution in [0.25, 0.3) is 0 Å².